The molecule has 1 aromatic carbocycles. The second-order valence-corrected chi connectivity index (χ2v) is 4.98. The number of hydrogen-bond donors (Lipinski definition) is 1. The summed E-state index contributed by atoms with van der Waals surface area (Å²) >= 11 is 0. The fourth-order valence-electron chi connectivity index (χ4n) is 2.04. The summed E-state index contributed by atoms with van der Waals surface area (Å²) in [5.74, 6) is 0.184. The highest BCUT2D eigenvalue weighted by atomic mass is 19.1. The Morgan fingerprint density at radius 2 is 2.06 bits per heavy atom. The van der Waals surface area contributed by atoms with Gasteiger partial charge in [0.15, 0.2) is 0 Å². The van der Waals surface area contributed by atoms with Gasteiger partial charge < -0.3 is 0 Å². The summed E-state index contributed by atoms with van der Waals surface area (Å²) in [6.45, 7) is 5.98. The standard InChI is InChI=1S/C14H17FN2O/c1-9(2)6-12-8-14(18)17(16-12)13-5-4-11(15)7-10(13)3/h4-5,7-9,16H,6H2,1-3H3. The van der Waals surface area contributed by atoms with E-state index in [1.165, 1.54) is 16.8 Å². The van der Waals surface area contributed by atoms with Gasteiger partial charge in [0.25, 0.3) is 5.56 Å². The minimum Gasteiger partial charge on any atom is -0.295 e. The number of H-pyrrole nitrogens is 1. The SMILES string of the molecule is Cc1cc(F)ccc1-n1[nH]c(CC(C)C)cc1=O. The first-order valence-corrected chi connectivity index (χ1v) is 6.05. The van der Waals surface area contributed by atoms with E-state index in [1.54, 1.807) is 19.1 Å². The molecule has 2 rings (SSSR count). The predicted octanol–water partition coefficient (Wildman–Crippen LogP) is 2.81. The maximum Gasteiger partial charge on any atom is 0.271 e. The van der Waals surface area contributed by atoms with Crippen LogP contribution in [0.1, 0.15) is 25.1 Å². The molecule has 0 radical (unpaired) electrons. The molecule has 0 unspecified atom stereocenters. The zero-order valence-corrected chi connectivity index (χ0v) is 10.8. The highest BCUT2D eigenvalue weighted by Crippen LogP contribution is 2.13. The lowest BCUT2D eigenvalue weighted by Crippen LogP contribution is -2.14. The predicted molar refractivity (Wildman–Crippen MR) is 69.6 cm³/mol. The average molecular weight is 248 g/mol. The minimum absolute atomic E-state index is 0.111. The number of aromatic nitrogens is 2. The van der Waals surface area contributed by atoms with Crippen LogP contribution < -0.4 is 5.56 Å². The highest BCUT2D eigenvalue weighted by molar-refractivity contribution is 5.39. The second kappa shape index (κ2) is 4.80. The average Bonchev–Trinajstić information content (AvgIpc) is 2.58. The molecule has 1 aromatic heterocycles. The molecule has 0 atom stereocenters. The molecule has 18 heavy (non-hydrogen) atoms. The van der Waals surface area contributed by atoms with E-state index in [0.29, 0.717) is 11.6 Å². The van der Waals surface area contributed by atoms with Crippen LogP contribution in [0.3, 0.4) is 0 Å². The normalized spacial score (nSPS) is 11.2. The van der Waals surface area contributed by atoms with Crippen molar-refractivity contribution >= 4 is 0 Å². The Bertz CT molecular complexity index is 610. The van der Waals surface area contributed by atoms with Gasteiger partial charge in [-0.3, -0.25) is 9.89 Å². The Balaban J connectivity index is 2.44. The van der Waals surface area contributed by atoms with Crippen LogP contribution in [0.25, 0.3) is 5.69 Å². The van der Waals surface area contributed by atoms with Gasteiger partial charge in [0.05, 0.1) is 5.69 Å². The topological polar surface area (TPSA) is 37.8 Å². The minimum atomic E-state index is -0.293. The van der Waals surface area contributed by atoms with Crippen LogP contribution in [0.4, 0.5) is 4.39 Å². The third kappa shape index (κ3) is 2.53. The summed E-state index contributed by atoms with van der Waals surface area (Å²) in [5.41, 5.74) is 2.21. The largest absolute Gasteiger partial charge is 0.295 e. The maximum absolute atomic E-state index is 13.0. The molecule has 0 amide bonds. The number of benzene rings is 1. The summed E-state index contributed by atoms with van der Waals surface area (Å²) in [6.07, 6.45) is 0.822. The maximum atomic E-state index is 13.0. The number of nitrogens with zero attached hydrogens (tertiary/aromatic N) is 1. The van der Waals surface area contributed by atoms with E-state index < -0.39 is 0 Å². The Kier molecular flexibility index (Phi) is 3.36. The van der Waals surface area contributed by atoms with Crippen LogP contribution in [0.15, 0.2) is 29.1 Å². The van der Waals surface area contributed by atoms with Crippen LogP contribution in [0.5, 0.6) is 0 Å². The van der Waals surface area contributed by atoms with Crippen molar-refractivity contribution < 1.29 is 4.39 Å². The molecule has 0 aliphatic carbocycles. The fourth-order valence-corrected chi connectivity index (χ4v) is 2.04. The zero-order chi connectivity index (χ0) is 13.3. The van der Waals surface area contributed by atoms with Gasteiger partial charge >= 0.3 is 0 Å². The van der Waals surface area contributed by atoms with Crippen LogP contribution in [0, 0.1) is 18.7 Å². The third-order valence-corrected chi connectivity index (χ3v) is 2.80. The molecule has 0 aliphatic rings. The van der Waals surface area contributed by atoms with E-state index in [4.69, 9.17) is 0 Å². The number of hydrogen-bond acceptors (Lipinski definition) is 1. The number of rotatable bonds is 3. The van der Waals surface area contributed by atoms with Crippen LogP contribution in [-0.4, -0.2) is 9.78 Å². The number of nitrogens with one attached hydrogen (secondary N) is 1. The molecule has 0 spiro atoms. The van der Waals surface area contributed by atoms with Crippen LogP contribution in [-0.2, 0) is 6.42 Å². The highest BCUT2D eigenvalue weighted by Gasteiger charge is 2.09. The fraction of sp³-hybridized carbons (Fsp3) is 0.357. The van der Waals surface area contributed by atoms with Gasteiger partial charge in [-0.25, -0.2) is 9.07 Å². The van der Waals surface area contributed by atoms with E-state index in [9.17, 15) is 9.18 Å². The Morgan fingerprint density at radius 3 is 2.67 bits per heavy atom. The van der Waals surface area contributed by atoms with E-state index in [-0.39, 0.29) is 11.4 Å². The van der Waals surface area contributed by atoms with Crippen molar-refractivity contribution in [1.82, 2.24) is 9.78 Å². The molecule has 1 heterocycles. The molecule has 3 nitrogen and oxygen atoms in total. The summed E-state index contributed by atoms with van der Waals surface area (Å²) < 4.78 is 14.5. The van der Waals surface area contributed by atoms with Gasteiger partial charge in [0.2, 0.25) is 0 Å². The lowest BCUT2D eigenvalue weighted by molar-refractivity contribution is 0.622. The Hall–Kier alpha value is -1.84. The van der Waals surface area contributed by atoms with Crippen molar-refractivity contribution in [3.05, 3.63) is 51.7 Å². The number of halogens is 1. The summed E-state index contributed by atoms with van der Waals surface area (Å²) in [4.78, 5) is 11.9. The molecule has 1 N–H and O–H groups in total. The van der Waals surface area contributed by atoms with Gasteiger partial charge in [-0.15, -0.1) is 0 Å². The lowest BCUT2D eigenvalue weighted by atomic mass is 10.1. The molecular weight excluding hydrogens is 231 g/mol. The third-order valence-electron chi connectivity index (χ3n) is 2.80. The lowest BCUT2D eigenvalue weighted by Gasteiger charge is -2.06. The first-order chi connectivity index (χ1) is 8.47. The Morgan fingerprint density at radius 1 is 1.33 bits per heavy atom. The molecule has 0 fully saturated rings. The smallest absolute Gasteiger partial charge is 0.271 e. The van der Waals surface area contributed by atoms with Gasteiger partial charge in [0, 0.05) is 11.8 Å². The van der Waals surface area contributed by atoms with Crippen molar-refractivity contribution in [2.45, 2.75) is 27.2 Å². The molecule has 96 valence electrons. The van der Waals surface area contributed by atoms with Crippen molar-refractivity contribution in [2.24, 2.45) is 5.92 Å². The van der Waals surface area contributed by atoms with E-state index in [1.807, 2.05) is 0 Å². The van der Waals surface area contributed by atoms with E-state index in [2.05, 4.69) is 18.9 Å². The van der Waals surface area contributed by atoms with Gasteiger partial charge in [0.1, 0.15) is 5.82 Å². The van der Waals surface area contributed by atoms with E-state index in [0.717, 1.165) is 17.7 Å². The Labute approximate surface area is 105 Å². The quantitative estimate of drug-likeness (QED) is 0.891. The molecular formula is C14H17FN2O. The van der Waals surface area contributed by atoms with Crippen molar-refractivity contribution in [3.8, 4) is 5.69 Å². The number of aryl methyl sites for hydroxylation is 1. The zero-order valence-electron chi connectivity index (χ0n) is 10.8. The van der Waals surface area contributed by atoms with Gasteiger partial charge in [-0.2, -0.15) is 0 Å². The first-order valence-electron chi connectivity index (χ1n) is 6.05. The van der Waals surface area contributed by atoms with Crippen molar-refractivity contribution in [1.29, 1.82) is 0 Å². The van der Waals surface area contributed by atoms with Gasteiger partial charge in [-0.1, -0.05) is 13.8 Å². The van der Waals surface area contributed by atoms with Gasteiger partial charge in [-0.05, 0) is 43.0 Å². The summed E-state index contributed by atoms with van der Waals surface area (Å²) in [6, 6.07) is 5.99. The summed E-state index contributed by atoms with van der Waals surface area (Å²) in [5, 5.41) is 3.07. The molecule has 0 aliphatic heterocycles. The molecule has 0 saturated carbocycles. The first kappa shape index (κ1) is 12.6. The number of aromatic amines is 1. The molecule has 0 bridgehead atoms. The molecule has 2 aromatic rings. The molecule has 0 saturated heterocycles. The van der Waals surface area contributed by atoms with Crippen LogP contribution in [0.2, 0.25) is 0 Å². The van der Waals surface area contributed by atoms with Crippen LogP contribution >= 0.6 is 0 Å². The second-order valence-electron chi connectivity index (χ2n) is 4.98. The monoisotopic (exact) mass is 248 g/mol. The van der Waals surface area contributed by atoms with Crippen molar-refractivity contribution in [3.63, 3.8) is 0 Å². The summed E-state index contributed by atoms with van der Waals surface area (Å²) in [7, 11) is 0. The van der Waals surface area contributed by atoms with Crippen molar-refractivity contribution in [2.75, 3.05) is 0 Å². The van der Waals surface area contributed by atoms with E-state index >= 15 is 0 Å². The molecule has 4 heteroatoms.